The van der Waals surface area contributed by atoms with Crippen molar-refractivity contribution in [1.29, 1.82) is 0 Å². The fraction of sp³-hybridized carbons (Fsp3) is 0.500. The first-order valence-corrected chi connectivity index (χ1v) is 7.08. The lowest BCUT2D eigenvalue weighted by molar-refractivity contribution is 0.285. The summed E-state index contributed by atoms with van der Waals surface area (Å²) in [5, 5.41) is 8.68. The molecule has 0 aliphatic carbocycles. The van der Waals surface area contributed by atoms with Crippen molar-refractivity contribution < 1.29 is 9.84 Å². The lowest BCUT2D eigenvalue weighted by atomic mass is 10.2. The van der Waals surface area contributed by atoms with Crippen LogP contribution < -0.4 is 4.74 Å². The van der Waals surface area contributed by atoms with E-state index in [1.807, 2.05) is 6.07 Å². The lowest BCUT2D eigenvalue weighted by Crippen LogP contribution is -2.08. The average Bonchev–Trinajstić information content (AvgIpc) is 2.99. The van der Waals surface area contributed by atoms with Crippen LogP contribution in [0.5, 0.6) is 5.75 Å². The smallest absolute Gasteiger partial charge is 0.139 e. The monoisotopic (exact) mass is 272 g/mol. The van der Waals surface area contributed by atoms with Crippen molar-refractivity contribution in [3.8, 4) is 17.6 Å². The van der Waals surface area contributed by atoms with Crippen molar-refractivity contribution in [3.63, 3.8) is 0 Å². The van der Waals surface area contributed by atoms with Gasteiger partial charge in [0.15, 0.2) is 0 Å². The summed E-state index contributed by atoms with van der Waals surface area (Å²) in [7, 11) is 0. The number of aliphatic imine (C=N–C) groups is 1. The Bertz CT molecular complexity index is 515. The van der Waals surface area contributed by atoms with Gasteiger partial charge in [-0.2, -0.15) is 0 Å². The second kappa shape index (κ2) is 8.34. The molecule has 2 heterocycles. The van der Waals surface area contributed by atoms with E-state index in [1.54, 1.807) is 12.4 Å². The summed E-state index contributed by atoms with van der Waals surface area (Å²) in [6.45, 7) is 1.71. The van der Waals surface area contributed by atoms with Gasteiger partial charge in [-0.15, -0.1) is 0 Å². The van der Waals surface area contributed by atoms with Crippen molar-refractivity contribution in [2.75, 3.05) is 19.8 Å². The summed E-state index contributed by atoms with van der Waals surface area (Å²) in [6, 6.07) is 1.90. The van der Waals surface area contributed by atoms with E-state index in [4.69, 9.17) is 9.84 Å². The highest BCUT2D eigenvalue weighted by Gasteiger charge is 2.06. The van der Waals surface area contributed by atoms with Gasteiger partial charge in [-0.3, -0.25) is 9.98 Å². The summed E-state index contributed by atoms with van der Waals surface area (Å²) >= 11 is 0. The molecule has 0 spiro atoms. The maximum atomic E-state index is 8.68. The van der Waals surface area contributed by atoms with Gasteiger partial charge in [0.25, 0.3) is 0 Å². The summed E-state index contributed by atoms with van der Waals surface area (Å²) < 4.78 is 5.68. The van der Waals surface area contributed by atoms with Gasteiger partial charge in [-0.05, 0) is 31.7 Å². The number of hydrogen-bond donors (Lipinski definition) is 1. The fourth-order valence-corrected chi connectivity index (χ4v) is 1.94. The fourth-order valence-electron chi connectivity index (χ4n) is 1.94. The number of unbranched alkanes of at least 4 members (excludes halogenated alkanes) is 2. The molecular formula is C16H20N2O2. The van der Waals surface area contributed by atoms with E-state index >= 15 is 0 Å². The van der Waals surface area contributed by atoms with E-state index in [0.29, 0.717) is 6.61 Å². The molecule has 1 aromatic heterocycles. The quantitative estimate of drug-likeness (QED) is 0.638. The number of rotatable bonds is 6. The van der Waals surface area contributed by atoms with E-state index in [9.17, 15) is 0 Å². The minimum absolute atomic E-state index is 0.233. The second-order valence-corrected chi connectivity index (χ2v) is 4.73. The van der Waals surface area contributed by atoms with Gasteiger partial charge >= 0.3 is 0 Å². The Morgan fingerprint density at radius 3 is 3.05 bits per heavy atom. The third kappa shape index (κ3) is 5.02. The second-order valence-electron chi connectivity index (χ2n) is 4.73. The van der Waals surface area contributed by atoms with Crippen LogP contribution in [0.1, 0.15) is 37.7 Å². The third-order valence-electron chi connectivity index (χ3n) is 3.02. The molecule has 1 aliphatic rings. The number of aliphatic hydroxyl groups is 1. The highest BCUT2D eigenvalue weighted by Crippen LogP contribution is 2.12. The molecule has 1 N–H and O–H groups in total. The predicted octanol–water partition coefficient (Wildman–Crippen LogP) is 2.21. The van der Waals surface area contributed by atoms with Crippen LogP contribution in [-0.2, 0) is 0 Å². The highest BCUT2D eigenvalue weighted by atomic mass is 16.5. The molecule has 0 unspecified atom stereocenters. The number of pyridine rings is 1. The van der Waals surface area contributed by atoms with Crippen LogP contribution in [0, 0.1) is 11.8 Å². The number of aliphatic hydroxyl groups excluding tert-OH is 1. The number of aromatic nitrogens is 1. The zero-order chi connectivity index (χ0) is 14.0. The molecule has 20 heavy (non-hydrogen) atoms. The zero-order valence-corrected chi connectivity index (χ0v) is 11.6. The topological polar surface area (TPSA) is 54.7 Å². The van der Waals surface area contributed by atoms with Crippen LogP contribution in [0.2, 0.25) is 0 Å². The summed E-state index contributed by atoms with van der Waals surface area (Å²) in [5.41, 5.74) is 1.99. The first-order chi connectivity index (χ1) is 9.88. The molecule has 4 heteroatoms. The van der Waals surface area contributed by atoms with Gasteiger partial charge in [-0.1, -0.05) is 11.8 Å². The third-order valence-corrected chi connectivity index (χ3v) is 3.02. The Labute approximate surface area is 119 Å². The van der Waals surface area contributed by atoms with E-state index in [1.165, 1.54) is 0 Å². The average molecular weight is 272 g/mol. The van der Waals surface area contributed by atoms with Gasteiger partial charge in [-0.25, -0.2) is 0 Å². The Balaban J connectivity index is 1.83. The van der Waals surface area contributed by atoms with Crippen LogP contribution >= 0.6 is 0 Å². The van der Waals surface area contributed by atoms with Gasteiger partial charge < -0.3 is 9.84 Å². The van der Waals surface area contributed by atoms with Crippen LogP contribution in [0.15, 0.2) is 23.5 Å². The molecule has 4 nitrogen and oxygen atoms in total. The van der Waals surface area contributed by atoms with Crippen LogP contribution in [0.3, 0.4) is 0 Å². The van der Waals surface area contributed by atoms with Crippen LogP contribution in [0.25, 0.3) is 0 Å². The number of hydrogen-bond acceptors (Lipinski definition) is 4. The Kier molecular flexibility index (Phi) is 6.07. The van der Waals surface area contributed by atoms with Gasteiger partial charge in [0.05, 0.1) is 6.20 Å². The standard InChI is InChI=1S/C16H20N2O2/c19-9-4-2-1-3-6-14-10-16(12-17-11-14)20-13-15-7-5-8-18-15/h10-12,19H,1-2,4-5,7-9,13H2. The SMILES string of the molecule is OCCCCC#Cc1cncc(OCC2=NCCC2)c1. The first-order valence-electron chi connectivity index (χ1n) is 7.08. The van der Waals surface area contributed by atoms with Gasteiger partial charge in [0.2, 0.25) is 0 Å². The lowest BCUT2D eigenvalue weighted by Gasteiger charge is -2.05. The molecule has 1 aromatic rings. The van der Waals surface area contributed by atoms with E-state index in [2.05, 4.69) is 21.8 Å². The molecule has 106 valence electrons. The zero-order valence-electron chi connectivity index (χ0n) is 11.6. The summed E-state index contributed by atoms with van der Waals surface area (Å²) in [4.78, 5) is 8.51. The largest absolute Gasteiger partial charge is 0.486 e. The molecule has 0 aromatic carbocycles. The first kappa shape index (κ1) is 14.5. The Hall–Kier alpha value is -1.86. The minimum atomic E-state index is 0.233. The van der Waals surface area contributed by atoms with E-state index in [-0.39, 0.29) is 6.61 Å². The molecular weight excluding hydrogens is 252 g/mol. The molecule has 0 saturated carbocycles. The molecule has 0 saturated heterocycles. The van der Waals surface area contributed by atoms with Crippen molar-refractivity contribution in [2.24, 2.45) is 4.99 Å². The van der Waals surface area contributed by atoms with Crippen LogP contribution in [-0.4, -0.2) is 35.6 Å². The summed E-state index contributed by atoms with van der Waals surface area (Å²) in [5.74, 6) is 6.89. The number of nitrogens with zero attached hydrogens (tertiary/aromatic N) is 2. The molecule has 0 fully saturated rings. The van der Waals surface area contributed by atoms with Gasteiger partial charge in [0.1, 0.15) is 12.4 Å². The normalized spacial score (nSPS) is 13.6. The van der Waals surface area contributed by atoms with Crippen molar-refractivity contribution in [3.05, 3.63) is 24.0 Å². The van der Waals surface area contributed by atoms with Crippen LogP contribution in [0.4, 0.5) is 0 Å². The highest BCUT2D eigenvalue weighted by molar-refractivity contribution is 5.87. The maximum Gasteiger partial charge on any atom is 0.139 e. The maximum absolute atomic E-state index is 8.68. The molecule has 1 aliphatic heterocycles. The minimum Gasteiger partial charge on any atom is -0.486 e. The Morgan fingerprint density at radius 1 is 1.30 bits per heavy atom. The molecule has 0 radical (unpaired) electrons. The van der Waals surface area contributed by atoms with E-state index < -0.39 is 0 Å². The van der Waals surface area contributed by atoms with Crippen molar-refractivity contribution >= 4 is 5.71 Å². The molecule has 0 amide bonds. The Morgan fingerprint density at radius 2 is 2.25 bits per heavy atom. The van der Waals surface area contributed by atoms with E-state index in [0.717, 1.165) is 55.7 Å². The molecule has 2 rings (SSSR count). The molecule has 0 atom stereocenters. The van der Waals surface area contributed by atoms with Crippen molar-refractivity contribution in [2.45, 2.75) is 32.1 Å². The van der Waals surface area contributed by atoms with Crippen molar-refractivity contribution in [1.82, 2.24) is 4.98 Å². The van der Waals surface area contributed by atoms with Gasteiger partial charge in [0, 0.05) is 37.0 Å². The predicted molar refractivity (Wildman–Crippen MR) is 79.1 cm³/mol. The number of ether oxygens (including phenoxy) is 1. The summed E-state index contributed by atoms with van der Waals surface area (Å²) in [6.07, 6.45) is 8.13. The molecule has 0 bridgehead atoms.